The number of hydrogen-bond donors (Lipinski definition) is 3. The molecule has 0 aliphatic carbocycles. The predicted molar refractivity (Wildman–Crippen MR) is 109 cm³/mol. The molecule has 0 radical (unpaired) electrons. The smallest absolute Gasteiger partial charge is 0.248 e. The molecule has 1 unspecified atom stereocenters. The fourth-order valence-electron chi connectivity index (χ4n) is 2.36. The normalized spacial score (nSPS) is 12.3. The van der Waals surface area contributed by atoms with Crippen LogP contribution < -0.4 is 21.1 Å². The van der Waals surface area contributed by atoms with Gasteiger partial charge in [-0.1, -0.05) is 23.7 Å². The maximum absolute atomic E-state index is 11.3. The quantitative estimate of drug-likeness (QED) is 0.479. The predicted octanol–water partition coefficient (Wildman–Crippen LogP) is 2.96. The van der Waals surface area contributed by atoms with E-state index in [0.29, 0.717) is 29.6 Å². The van der Waals surface area contributed by atoms with Crippen molar-refractivity contribution in [3.05, 3.63) is 64.7 Å². The molecule has 0 spiro atoms. The van der Waals surface area contributed by atoms with Gasteiger partial charge in [-0.2, -0.15) is 0 Å². The summed E-state index contributed by atoms with van der Waals surface area (Å²) in [6, 6.07) is 14.4. The van der Waals surface area contributed by atoms with Gasteiger partial charge >= 0.3 is 0 Å². The van der Waals surface area contributed by atoms with Crippen LogP contribution in [0.3, 0.4) is 0 Å². The molecule has 0 heterocycles. The van der Waals surface area contributed by atoms with Crippen LogP contribution in [0.4, 0.5) is 0 Å². The lowest BCUT2D eigenvalue weighted by Crippen LogP contribution is -2.41. The summed E-state index contributed by atoms with van der Waals surface area (Å²) in [5, 5.41) is 7.12. The lowest BCUT2D eigenvalue weighted by molar-refractivity contribution is 0.1000. The van der Waals surface area contributed by atoms with Gasteiger partial charge in [-0.25, -0.2) is 4.99 Å². The zero-order valence-corrected chi connectivity index (χ0v) is 16.3. The minimum absolute atomic E-state index is 0.0618. The Labute approximate surface area is 164 Å². The first-order chi connectivity index (χ1) is 13.0. The average molecular weight is 389 g/mol. The Hall–Kier alpha value is -2.73. The van der Waals surface area contributed by atoms with E-state index >= 15 is 0 Å². The number of benzene rings is 2. The van der Waals surface area contributed by atoms with E-state index in [9.17, 15) is 4.79 Å². The molecule has 0 aromatic heterocycles. The largest absolute Gasteiger partial charge is 0.489 e. The summed E-state index contributed by atoms with van der Waals surface area (Å²) in [7, 11) is 0. The Morgan fingerprint density at radius 3 is 2.63 bits per heavy atom. The van der Waals surface area contributed by atoms with E-state index in [-0.39, 0.29) is 6.10 Å². The van der Waals surface area contributed by atoms with Gasteiger partial charge in [0.2, 0.25) is 5.91 Å². The van der Waals surface area contributed by atoms with Crippen molar-refractivity contribution in [1.29, 1.82) is 0 Å². The number of halogens is 1. The Kier molecular flexibility index (Phi) is 7.95. The number of rotatable bonds is 8. The van der Waals surface area contributed by atoms with E-state index < -0.39 is 5.91 Å². The average Bonchev–Trinajstić information content (AvgIpc) is 2.66. The topological polar surface area (TPSA) is 88.7 Å². The summed E-state index contributed by atoms with van der Waals surface area (Å²) in [5.74, 6) is 0.992. The highest BCUT2D eigenvalue weighted by Crippen LogP contribution is 2.16. The molecular weight excluding hydrogens is 364 g/mol. The number of primary amides is 1. The van der Waals surface area contributed by atoms with Crippen molar-refractivity contribution in [2.75, 3.05) is 13.1 Å². The first-order valence-electron chi connectivity index (χ1n) is 8.81. The summed E-state index contributed by atoms with van der Waals surface area (Å²) in [4.78, 5) is 15.8. The lowest BCUT2D eigenvalue weighted by Gasteiger charge is -2.17. The molecule has 0 saturated carbocycles. The van der Waals surface area contributed by atoms with Gasteiger partial charge in [0.05, 0.1) is 13.1 Å². The first kappa shape index (κ1) is 20.6. The van der Waals surface area contributed by atoms with E-state index in [1.54, 1.807) is 30.3 Å². The highest BCUT2D eigenvalue weighted by molar-refractivity contribution is 6.30. The van der Waals surface area contributed by atoms with Gasteiger partial charge in [0.25, 0.3) is 0 Å². The molecule has 1 amide bonds. The molecule has 7 heteroatoms. The molecule has 1 atom stereocenters. The number of aliphatic imine (C=N–C) groups is 1. The molecule has 144 valence electrons. The summed E-state index contributed by atoms with van der Waals surface area (Å²) in [6.07, 6.45) is -0.0618. The van der Waals surface area contributed by atoms with Crippen molar-refractivity contribution in [3.63, 3.8) is 0 Å². The van der Waals surface area contributed by atoms with E-state index in [1.165, 1.54) is 0 Å². The van der Waals surface area contributed by atoms with Crippen molar-refractivity contribution in [2.45, 2.75) is 26.5 Å². The van der Waals surface area contributed by atoms with Gasteiger partial charge < -0.3 is 21.1 Å². The van der Waals surface area contributed by atoms with Crippen LogP contribution >= 0.6 is 11.6 Å². The standard InChI is InChI=1S/C20H25ClN4O2/c1-3-23-20(25-13-15-5-4-6-16(11-15)19(22)26)24-12-14(2)27-18-9-7-17(21)8-10-18/h4-11,14H,3,12-13H2,1-2H3,(H2,22,26)(H2,23,24,25). The third-order valence-electron chi connectivity index (χ3n) is 3.68. The number of ether oxygens (including phenoxy) is 1. The third kappa shape index (κ3) is 7.19. The summed E-state index contributed by atoms with van der Waals surface area (Å²) in [5.41, 5.74) is 6.71. The zero-order chi connectivity index (χ0) is 19.6. The molecule has 0 saturated heterocycles. The molecule has 0 aliphatic heterocycles. The monoisotopic (exact) mass is 388 g/mol. The summed E-state index contributed by atoms with van der Waals surface area (Å²) in [6.45, 7) is 5.72. The molecule has 27 heavy (non-hydrogen) atoms. The van der Waals surface area contributed by atoms with Gasteiger partial charge in [-0.3, -0.25) is 4.79 Å². The second-order valence-electron chi connectivity index (χ2n) is 6.02. The van der Waals surface area contributed by atoms with Crippen LogP contribution in [-0.2, 0) is 6.54 Å². The lowest BCUT2D eigenvalue weighted by atomic mass is 10.1. The molecule has 2 aromatic carbocycles. The molecule has 0 bridgehead atoms. The number of guanidine groups is 1. The molecule has 0 aliphatic rings. The number of amides is 1. The second-order valence-corrected chi connectivity index (χ2v) is 6.46. The number of hydrogen-bond acceptors (Lipinski definition) is 3. The van der Waals surface area contributed by atoms with E-state index in [0.717, 1.165) is 17.9 Å². The fraction of sp³-hybridized carbons (Fsp3) is 0.300. The minimum atomic E-state index is -0.445. The Morgan fingerprint density at radius 1 is 1.22 bits per heavy atom. The summed E-state index contributed by atoms with van der Waals surface area (Å²) < 4.78 is 5.85. The highest BCUT2D eigenvalue weighted by Gasteiger charge is 2.06. The molecular formula is C20H25ClN4O2. The van der Waals surface area contributed by atoms with Crippen LogP contribution in [0.5, 0.6) is 5.75 Å². The highest BCUT2D eigenvalue weighted by atomic mass is 35.5. The number of nitrogens with one attached hydrogen (secondary N) is 2. The van der Waals surface area contributed by atoms with Gasteiger partial charge in [0, 0.05) is 17.1 Å². The SMILES string of the molecule is CCNC(=NCc1cccc(C(N)=O)c1)NCC(C)Oc1ccc(Cl)cc1. The maximum atomic E-state index is 11.3. The number of nitrogens with two attached hydrogens (primary N) is 1. The fourth-order valence-corrected chi connectivity index (χ4v) is 2.49. The maximum Gasteiger partial charge on any atom is 0.248 e. The second kappa shape index (κ2) is 10.4. The van der Waals surface area contributed by atoms with Crippen LogP contribution in [0.25, 0.3) is 0 Å². The van der Waals surface area contributed by atoms with Gasteiger partial charge in [0.15, 0.2) is 5.96 Å². The van der Waals surface area contributed by atoms with Crippen molar-refractivity contribution in [3.8, 4) is 5.75 Å². The first-order valence-corrected chi connectivity index (χ1v) is 9.19. The van der Waals surface area contributed by atoms with Crippen LogP contribution in [0.1, 0.15) is 29.8 Å². The molecule has 2 rings (SSSR count). The summed E-state index contributed by atoms with van der Waals surface area (Å²) >= 11 is 5.88. The molecule has 4 N–H and O–H groups in total. The van der Waals surface area contributed by atoms with Crippen LogP contribution in [0.15, 0.2) is 53.5 Å². The van der Waals surface area contributed by atoms with Crippen LogP contribution in [-0.4, -0.2) is 31.1 Å². The molecule has 0 fully saturated rings. The van der Waals surface area contributed by atoms with Crippen molar-refractivity contribution < 1.29 is 9.53 Å². The Morgan fingerprint density at radius 2 is 1.96 bits per heavy atom. The van der Waals surface area contributed by atoms with Crippen molar-refractivity contribution >= 4 is 23.5 Å². The third-order valence-corrected chi connectivity index (χ3v) is 3.94. The van der Waals surface area contributed by atoms with E-state index in [2.05, 4.69) is 15.6 Å². The van der Waals surface area contributed by atoms with E-state index in [1.807, 2.05) is 32.0 Å². The van der Waals surface area contributed by atoms with Crippen LogP contribution in [0.2, 0.25) is 5.02 Å². The van der Waals surface area contributed by atoms with Crippen molar-refractivity contribution in [2.24, 2.45) is 10.7 Å². The van der Waals surface area contributed by atoms with Crippen molar-refractivity contribution in [1.82, 2.24) is 10.6 Å². The Balaban J connectivity index is 1.91. The van der Waals surface area contributed by atoms with E-state index in [4.69, 9.17) is 22.1 Å². The Bertz CT molecular complexity index is 778. The van der Waals surface area contributed by atoms with Crippen LogP contribution in [0, 0.1) is 0 Å². The molecule has 6 nitrogen and oxygen atoms in total. The number of nitrogens with zero attached hydrogens (tertiary/aromatic N) is 1. The van der Waals surface area contributed by atoms with Gasteiger partial charge in [0.1, 0.15) is 11.9 Å². The minimum Gasteiger partial charge on any atom is -0.489 e. The van der Waals surface area contributed by atoms with Gasteiger partial charge in [-0.15, -0.1) is 0 Å². The van der Waals surface area contributed by atoms with Gasteiger partial charge in [-0.05, 0) is 55.8 Å². The number of carbonyl (C=O) groups is 1. The zero-order valence-electron chi connectivity index (χ0n) is 15.5. The number of carbonyl (C=O) groups excluding carboxylic acids is 1. The molecule has 2 aromatic rings.